The van der Waals surface area contributed by atoms with Gasteiger partial charge in [0.05, 0.1) is 23.8 Å². The molecule has 0 fully saturated rings. The molecule has 3 rings (SSSR count). The van der Waals surface area contributed by atoms with Gasteiger partial charge in [-0.25, -0.2) is 9.79 Å². The van der Waals surface area contributed by atoms with Crippen molar-refractivity contribution in [2.75, 3.05) is 0 Å². The largest absolute Gasteiger partial charge is 0.489 e. The molecule has 1 atom stereocenters. The maximum absolute atomic E-state index is 12.3. The van der Waals surface area contributed by atoms with Crippen molar-refractivity contribution in [1.82, 2.24) is 0 Å². The first-order valence-corrected chi connectivity index (χ1v) is 11.3. The van der Waals surface area contributed by atoms with E-state index in [1.54, 1.807) is 24.3 Å². The Morgan fingerprint density at radius 1 is 1.21 bits per heavy atom. The molecule has 0 aromatic heterocycles. The monoisotopic (exact) mass is 641 g/mol. The number of esters is 1. The fraction of sp³-hybridized carbons (Fsp3) is 0.200. The number of carbonyl (C=O) groups is 1. The highest BCUT2D eigenvalue weighted by molar-refractivity contribution is 14.1. The van der Waals surface area contributed by atoms with Crippen LogP contribution in [0.5, 0.6) is 5.75 Å². The molecule has 8 heteroatoms. The van der Waals surface area contributed by atoms with Gasteiger partial charge in [-0.05, 0) is 100 Å². The molecular weight excluding hydrogens is 627 g/mol. The van der Waals surface area contributed by atoms with Gasteiger partial charge in [0, 0.05) is 5.02 Å². The Morgan fingerprint density at radius 3 is 2.50 bits per heavy atom. The van der Waals surface area contributed by atoms with E-state index >= 15 is 0 Å². The van der Waals surface area contributed by atoms with Crippen molar-refractivity contribution < 1.29 is 14.3 Å². The van der Waals surface area contributed by atoms with Crippen molar-refractivity contribution in [3.05, 3.63) is 64.3 Å². The molecule has 0 radical (unpaired) electrons. The van der Waals surface area contributed by atoms with Crippen LogP contribution < -0.4 is 4.74 Å². The van der Waals surface area contributed by atoms with Gasteiger partial charge in [-0.2, -0.15) is 0 Å². The van der Waals surface area contributed by atoms with Crippen molar-refractivity contribution >= 4 is 86.3 Å². The van der Waals surface area contributed by atoms with Crippen LogP contribution in [0.1, 0.15) is 31.4 Å². The summed E-state index contributed by atoms with van der Waals surface area (Å²) >= 11 is 16.6. The summed E-state index contributed by atoms with van der Waals surface area (Å²) in [5.74, 6) is 0.494. The minimum atomic E-state index is -0.522. The maximum Gasteiger partial charge on any atom is 0.363 e. The van der Waals surface area contributed by atoms with Gasteiger partial charge >= 0.3 is 5.97 Å². The highest BCUT2D eigenvalue weighted by atomic mass is 127. The van der Waals surface area contributed by atoms with Crippen LogP contribution in [-0.2, 0) is 9.53 Å². The highest BCUT2D eigenvalue weighted by Crippen LogP contribution is 2.32. The molecule has 0 saturated carbocycles. The van der Waals surface area contributed by atoms with Crippen LogP contribution in [0.25, 0.3) is 6.08 Å². The number of ether oxygens (including phenoxy) is 2. The molecule has 0 saturated heterocycles. The van der Waals surface area contributed by atoms with Gasteiger partial charge in [0.25, 0.3) is 0 Å². The SMILES string of the molecule is CCC(C)Oc1c(I)cc(/C=C2\N=C(c3ccc(Cl)cc3Cl)OC2=O)cc1I. The van der Waals surface area contributed by atoms with E-state index in [4.69, 9.17) is 32.7 Å². The quantitative estimate of drug-likeness (QED) is 0.207. The number of aliphatic imine (C=N–C) groups is 1. The molecule has 0 N–H and O–H groups in total. The zero-order chi connectivity index (χ0) is 20.4. The lowest BCUT2D eigenvalue weighted by molar-refractivity contribution is -0.129. The summed E-state index contributed by atoms with van der Waals surface area (Å²) in [6, 6.07) is 8.82. The highest BCUT2D eigenvalue weighted by Gasteiger charge is 2.26. The van der Waals surface area contributed by atoms with Gasteiger partial charge in [0.15, 0.2) is 5.70 Å². The molecule has 0 amide bonds. The molecule has 0 bridgehead atoms. The molecule has 4 nitrogen and oxygen atoms in total. The number of nitrogens with zero attached hydrogens (tertiary/aromatic N) is 1. The fourth-order valence-corrected chi connectivity index (χ4v) is 4.96. The predicted molar refractivity (Wildman–Crippen MR) is 129 cm³/mol. The van der Waals surface area contributed by atoms with Gasteiger partial charge in [0.1, 0.15) is 5.75 Å². The molecular formula is C20H15Cl2I2NO3. The van der Waals surface area contributed by atoms with Crippen LogP contribution >= 0.6 is 68.4 Å². The van der Waals surface area contributed by atoms with Crippen molar-refractivity contribution in [3.8, 4) is 5.75 Å². The maximum atomic E-state index is 12.3. The summed E-state index contributed by atoms with van der Waals surface area (Å²) in [6.45, 7) is 4.12. The van der Waals surface area contributed by atoms with Crippen molar-refractivity contribution in [3.63, 3.8) is 0 Å². The third kappa shape index (κ3) is 5.01. The van der Waals surface area contributed by atoms with Crippen LogP contribution in [0.4, 0.5) is 0 Å². The van der Waals surface area contributed by atoms with Gasteiger partial charge in [-0.15, -0.1) is 0 Å². The number of halogens is 4. The topological polar surface area (TPSA) is 47.9 Å². The Bertz CT molecular complexity index is 982. The summed E-state index contributed by atoms with van der Waals surface area (Å²) in [5, 5.41) is 0.870. The first-order valence-electron chi connectivity index (χ1n) is 8.42. The zero-order valence-corrected chi connectivity index (χ0v) is 20.8. The van der Waals surface area contributed by atoms with E-state index in [2.05, 4.69) is 57.1 Å². The molecule has 2 aromatic carbocycles. The molecule has 1 aliphatic heterocycles. The molecule has 2 aromatic rings. The zero-order valence-electron chi connectivity index (χ0n) is 14.9. The molecule has 146 valence electrons. The molecule has 0 spiro atoms. The number of benzene rings is 2. The number of cyclic esters (lactones) is 1. The van der Waals surface area contributed by atoms with Crippen LogP contribution in [0.3, 0.4) is 0 Å². The van der Waals surface area contributed by atoms with E-state index in [-0.39, 0.29) is 17.7 Å². The Morgan fingerprint density at radius 2 is 1.89 bits per heavy atom. The number of rotatable bonds is 5. The Balaban J connectivity index is 1.92. The summed E-state index contributed by atoms with van der Waals surface area (Å²) in [5.41, 5.74) is 1.57. The van der Waals surface area contributed by atoms with E-state index in [1.807, 2.05) is 19.1 Å². The minimum absolute atomic E-state index is 0.132. The van der Waals surface area contributed by atoms with Crippen LogP contribution in [-0.4, -0.2) is 18.0 Å². The van der Waals surface area contributed by atoms with Crippen LogP contribution in [0.15, 0.2) is 41.0 Å². The summed E-state index contributed by atoms with van der Waals surface area (Å²) in [4.78, 5) is 16.6. The van der Waals surface area contributed by atoms with E-state index < -0.39 is 5.97 Å². The molecule has 28 heavy (non-hydrogen) atoms. The Hall–Kier alpha value is -0.840. The van der Waals surface area contributed by atoms with Gasteiger partial charge in [-0.1, -0.05) is 30.1 Å². The van der Waals surface area contributed by atoms with E-state index in [9.17, 15) is 4.79 Å². The molecule has 0 aliphatic carbocycles. The number of hydrogen-bond acceptors (Lipinski definition) is 4. The lowest BCUT2D eigenvalue weighted by Gasteiger charge is -2.16. The second-order valence-electron chi connectivity index (χ2n) is 6.11. The number of carbonyl (C=O) groups excluding carboxylic acids is 1. The Labute approximate surface area is 200 Å². The van der Waals surface area contributed by atoms with Crippen LogP contribution in [0, 0.1) is 7.14 Å². The average Bonchev–Trinajstić information content (AvgIpc) is 2.98. The normalized spacial score (nSPS) is 16.1. The summed E-state index contributed by atoms with van der Waals surface area (Å²) in [6.07, 6.45) is 2.75. The Kier molecular flexibility index (Phi) is 7.27. The van der Waals surface area contributed by atoms with Gasteiger partial charge in [0.2, 0.25) is 5.90 Å². The van der Waals surface area contributed by atoms with E-state index in [0.717, 1.165) is 24.9 Å². The fourth-order valence-electron chi connectivity index (χ4n) is 2.41. The second kappa shape index (κ2) is 9.32. The van der Waals surface area contributed by atoms with Gasteiger partial charge < -0.3 is 9.47 Å². The van der Waals surface area contributed by atoms with Crippen molar-refractivity contribution in [2.24, 2.45) is 4.99 Å². The first-order chi connectivity index (χ1) is 13.3. The third-order valence-electron chi connectivity index (χ3n) is 4.00. The standard InChI is InChI=1S/C20H15Cl2I2NO3/c1-3-10(2)27-18-15(23)6-11(7-16(18)24)8-17-20(26)28-19(25-17)13-5-4-12(21)9-14(13)22/h4-10H,3H2,1-2H3/b17-8-. The van der Waals surface area contributed by atoms with E-state index in [1.165, 1.54) is 0 Å². The van der Waals surface area contributed by atoms with E-state index in [0.29, 0.717) is 15.6 Å². The minimum Gasteiger partial charge on any atom is -0.489 e. The molecule has 1 aliphatic rings. The third-order valence-corrected chi connectivity index (χ3v) is 6.15. The van der Waals surface area contributed by atoms with Crippen molar-refractivity contribution in [1.29, 1.82) is 0 Å². The number of hydrogen-bond donors (Lipinski definition) is 0. The van der Waals surface area contributed by atoms with Gasteiger partial charge in [-0.3, -0.25) is 0 Å². The molecule has 1 unspecified atom stereocenters. The first kappa shape index (κ1) is 21.9. The lowest BCUT2D eigenvalue weighted by Crippen LogP contribution is -2.11. The summed E-state index contributed by atoms with van der Waals surface area (Å²) in [7, 11) is 0. The smallest absolute Gasteiger partial charge is 0.363 e. The second-order valence-corrected chi connectivity index (χ2v) is 9.28. The molecule has 1 heterocycles. The predicted octanol–water partition coefficient (Wildman–Crippen LogP) is 6.72. The summed E-state index contributed by atoms with van der Waals surface area (Å²) < 4.78 is 13.2. The van der Waals surface area contributed by atoms with Crippen molar-refractivity contribution in [2.45, 2.75) is 26.4 Å². The average molecular weight is 642 g/mol. The van der Waals surface area contributed by atoms with Crippen LogP contribution in [0.2, 0.25) is 10.0 Å². The lowest BCUT2D eigenvalue weighted by atomic mass is 10.2.